The predicted octanol–water partition coefficient (Wildman–Crippen LogP) is 13.9. The number of rotatable bonds is 6. The Kier molecular flexibility index (Phi) is 7.20. The highest BCUT2D eigenvalue weighted by molar-refractivity contribution is 6.24. The zero-order valence-corrected chi connectivity index (χ0v) is 31.4. The van der Waals surface area contributed by atoms with Crippen LogP contribution in [0.1, 0.15) is 0 Å². The maximum atomic E-state index is 5.08. The fraction of sp³-hybridized carbons (Fsp3) is 0. The number of hydrogen-bond acceptors (Lipinski definition) is 2. The molecule has 2 heterocycles. The van der Waals surface area contributed by atoms with Crippen LogP contribution in [-0.2, 0) is 0 Å². The molecule has 0 radical (unpaired) electrons. The smallest absolute Gasteiger partial charge is 0.145 e. The first-order valence-electron chi connectivity index (χ1n) is 19.7. The van der Waals surface area contributed by atoms with Crippen LogP contribution >= 0.6 is 0 Å². The average Bonchev–Trinajstić information content (AvgIpc) is 3.88. The molecular weight excluding hydrogens is 705 g/mol. The van der Waals surface area contributed by atoms with E-state index in [9.17, 15) is 0 Å². The average molecular weight is 739 g/mol. The first-order chi connectivity index (χ1) is 28.7. The van der Waals surface area contributed by atoms with Crippen molar-refractivity contribution < 1.29 is 0 Å². The zero-order chi connectivity index (χ0) is 38.2. The Morgan fingerprint density at radius 3 is 0.983 bits per heavy atom. The molecule has 0 atom stereocenters. The fourth-order valence-electron chi connectivity index (χ4n) is 8.91. The van der Waals surface area contributed by atoms with Gasteiger partial charge in [-0.05, 0) is 127 Å². The van der Waals surface area contributed by atoms with Crippen LogP contribution in [0.4, 0.5) is 0 Å². The van der Waals surface area contributed by atoms with Gasteiger partial charge in [0.15, 0.2) is 0 Å². The molecule has 12 rings (SSSR count). The first-order valence-corrected chi connectivity index (χ1v) is 19.7. The molecule has 0 fully saturated rings. The minimum Gasteiger partial charge on any atom is -0.292 e. The molecule has 0 aliphatic rings. The van der Waals surface area contributed by atoms with Gasteiger partial charge in [-0.25, -0.2) is 9.97 Å². The number of benzene rings is 10. The topological polar surface area (TPSA) is 35.6 Å². The fourth-order valence-corrected chi connectivity index (χ4v) is 8.91. The van der Waals surface area contributed by atoms with Gasteiger partial charge in [-0.3, -0.25) is 9.13 Å². The first kappa shape index (κ1) is 32.4. The van der Waals surface area contributed by atoms with E-state index in [1.807, 2.05) is 12.1 Å². The number of aromatic nitrogens is 4. The zero-order valence-electron chi connectivity index (χ0n) is 31.4. The van der Waals surface area contributed by atoms with Crippen LogP contribution < -0.4 is 0 Å². The third kappa shape index (κ3) is 5.16. The summed E-state index contributed by atoms with van der Waals surface area (Å²) in [6.07, 6.45) is 0. The monoisotopic (exact) mass is 738 g/mol. The van der Waals surface area contributed by atoms with Crippen LogP contribution in [0.3, 0.4) is 0 Å². The summed E-state index contributed by atoms with van der Waals surface area (Å²) in [5.74, 6) is 1.88. The third-order valence-corrected chi connectivity index (χ3v) is 11.6. The largest absolute Gasteiger partial charge is 0.292 e. The SMILES string of the molecule is c1ccc(-n2c(-c3ccc(-c4cc5ccc6cc(-c7ccc(-c8nc9ccccc9n8-c8ccccc8)cc7)cc7ccc(c4)c5c67)cc3)nc3ccccc32)cc1. The van der Waals surface area contributed by atoms with Crippen LogP contribution in [0, 0.1) is 0 Å². The molecule has 0 bridgehead atoms. The second-order valence-electron chi connectivity index (χ2n) is 15.1. The Labute approximate surface area is 334 Å². The maximum absolute atomic E-state index is 5.08. The van der Waals surface area contributed by atoms with Crippen molar-refractivity contribution in [3.8, 4) is 56.4 Å². The van der Waals surface area contributed by atoms with Crippen molar-refractivity contribution in [2.45, 2.75) is 0 Å². The van der Waals surface area contributed by atoms with Crippen molar-refractivity contribution in [1.82, 2.24) is 19.1 Å². The summed E-state index contributed by atoms with van der Waals surface area (Å²) in [6, 6.07) is 73.9. The molecule has 0 amide bonds. The van der Waals surface area contributed by atoms with E-state index < -0.39 is 0 Å². The quantitative estimate of drug-likeness (QED) is 0.159. The molecule has 10 aromatic carbocycles. The van der Waals surface area contributed by atoms with Gasteiger partial charge in [0, 0.05) is 22.5 Å². The Morgan fingerprint density at radius 2 is 0.603 bits per heavy atom. The summed E-state index contributed by atoms with van der Waals surface area (Å²) in [5, 5.41) is 7.62. The maximum Gasteiger partial charge on any atom is 0.145 e. The highest BCUT2D eigenvalue weighted by atomic mass is 15.1. The number of imidazole rings is 2. The number of hydrogen-bond donors (Lipinski definition) is 0. The molecular formula is C54H34N4. The van der Waals surface area contributed by atoms with Crippen molar-refractivity contribution in [1.29, 1.82) is 0 Å². The summed E-state index contributed by atoms with van der Waals surface area (Å²) in [4.78, 5) is 10.2. The Balaban J connectivity index is 0.888. The van der Waals surface area contributed by atoms with Crippen LogP contribution in [0.15, 0.2) is 206 Å². The molecule has 0 saturated heterocycles. The van der Waals surface area contributed by atoms with E-state index in [0.29, 0.717) is 0 Å². The molecule has 0 aliphatic carbocycles. The summed E-state index contributed by atoms with van der Waals surface area (Å²) in [6.45, 7) is 0. The van der Waals surface area contributed by atoms with Gasteiger partial charge >= 0.3 is 0 Å². The molecule has 58 heavy (non-hydrogen) atoms. The van der Waals surface area contributed by atoms with Gasteiger partial charge in [0.2, 0.25) is 0 Å². The van der Waals surface area contributed by atoms with Gasteiger partial charge in [-0.2, -0.15) is 0 Å². The standard InChI is InChI=1S/C54H34N4/c1-3-11-45(12-4-1)57-49-17-9-7-15-47(49)55-53(57)37-23-19-35(20-24-37)43-31-39-27-29-41-33-44(34-42-30-28-40(32-43)51(39)52(41)42)36-21-25-38(26-22-36)54-56-48-16-8-10-18-50(48)58(54)46-13-5-2-6-14-46/h1-34H. The normalized spacial score (nSPS) is 11.8. The highest BCUT2D eigenvalue weighted by Crippen LogP contribution is 2.40. The van der Waals surface area contributed by atoms with Crippen molar-refractivity contribution in [2.24, 2.45) is 0 Å². The molecule has 0 unspecified atom stereocenters. The summed E-state index contributed by atoms with van der Waals surface area (Å²) < 4.78 is 4.51. The lowest BCUT2D eigenvalue weighted by Gasteiger charge is -2.15. The molecule has 0 spiro atoms. The minimum atomic E-state index is 0.939. The van der Waals surface area contributed by atoms with Crippen LogP contribution in [0.5, 0.6) is 0 Å². The number of nitrogens with zero attached hydrogens (tertiary/aromatic N) is 4. The summed E-state index contributed by atoms with van der Waals surface area (Å²) >= 11 is 0. The predicted molar refractivity (Wildman–Crippen MR) is 241 cm³/mol. The van der Waals surface area contributed by atoms with E-state index >= 15 is 0 Å². The second kappa shape index (κ2) is 12.9. The summed E-state index contributed by atoms with van der Waals surface area (Å²) in [5.41, 5.74) is 13.3. The van der Waals surface area contributed by atoms with E-state index in [4.69, 9.17) is 9.97 Å². The van der Waals surface area contributed by atoms with Crippen molar-refractivity contribution in [2.75, 3.05) is 0 Å². The van der Waals surface area contributed by atoms with E-state index in [-0.39, 0.29) is 0 Å². The Morgan fingerprint density at radius 1 is 0.276 bits per heavy atom. The van der Waals surface area contributed by atoms with E-state index in [1.165, 1.54) is 54.6 Å². The lowest BCUT2D eigenvalue weighted by molar-refractivity contribution is 1.10. The Hall–Kier alpha value is -7.82. The number of fused-ring (bicyclic) bond motifs is 2. The highest BCUT2D eigenvalue weighted by Gasteiger charge is 2.17. The molecule has 4 heteroatoms. The Bertz CT molecular complexity index is 3170. The van der Waals surface area contributed by atoms with Crippen molar-refractivity contribution in [3.63, 3.8) is 0 Å². The summed E-state index contributed by atoms with van der Waals surface area (Å²) in [7, 11) is 0. The molecule has 12 aromatic rings. The van der Waals surface area contributed by atoms with Crippen molar-refractivity contribution >= 4 is 54.4 Å². The van der Waals surface area contributed by atoms with Gasteiger partial charge in [-0.15, -0.1) is 0 Å². The molecule has 2 aromatic heterocycles. The van der Waals surface area contributed by atoms with Crippen LogP contribution in [-0.4, -0.2) is 19.1 Å². The van der Waals surface area contributed by atoms with E-state index in [0.717, 1.165) is 56.2 Å². The van der Waals surface area contributed by atoms with Crippen LogP contribution in [0.2, 0.25) is 0 Å². The van der Waals surface area contributed by atoms with Gasteiger partial charge in [-0.1, -0.05) is 133 Å². The molecule has 0 saturated carbocycles. The molecule has 0 N–H and O–H groups in total. The third-order valence-electron chi connectivity index (χ3n) is 11.6. The molecule has 270 valence electrons. The number of para-hydroxylation sites is 6. The van der Waals surface area contributed by atoms with Gasteiger partial charge in [0.05, 0.1) is 22.1 Å². The lowest BCUT2D eigenvalue weighted by atomic mass is 9.89. The van der Waals surface area contributed by atoms with Gasteiger partial charge < -0.3 is 0 Å². The molecule has 0 aliphatic heterocycles. The van der Waals surface area contributed by atoms with E-state index in [2.05, 4.69) is 203 Å². The minimum absolute atomic E-state index is 0.939. The van der Waals surface area contributed by atoms with Gasteiger partial charge in [0.1, 0.15) is 11.6 Å². The lowest BCUT2D eigenvalue weighted by Crippen LogP contribution is -1.97. The van der Waals surface area contributed by atoms with E-state index in [1.54, 1.807) is 0 Å². The van der Waals surface area contributed by atoms with Crippen molar-refractivity contribution in [3.05, 3.63) is 206 Å². The second-order valence-corrected chi connectivity index (χ2v) is 15.1. The molecule has 4 nitrogen and oxygen atoms in total. The van der Waals surface area contributed by atoms with Gasteiger partial charge in [0.25, 0.3) is 0 Å². The van der Waals surface area contributed by atoms with Crippen LogP contribution in [0.25, 0.3) is 111 Å².